The first kappa shape index (κ1) is 11.2. The topological polar surface area (TPSA) is 63.8 Å². The molecule has 0 atom stereocenters. The molecule has 0 unspecified atom stereocenters. The van der Waals surface area contributed by atoms with Gasteiger partial charge in [0.25, 0.3) is 0 Å². The van der Waals surface area contributed by atoms with Crippen LogP contribution in [-0.2, 0) is 0 Å². The Labute approximate surface area is 92.5 Å². The number of halogens is 1. The molecule has 1 aromatic heterocycles. The van der Waals surface area contributed by atoms with Gasteiger partial charge in [-0.05, 0) is 36.2 Å². The Morgan fingerprint density at radius 3 is 2.79 bits per heavy atom. The van der Waals surface area contributed by atoms with Gasteiger partial charge in [-0.2, -0.15) is 4.98 Å². The van der Waals surface area contributed by atoms with Crippen LogP contribution >= 0.6 is 15.9 Å². The van der Waals surface area contributed by atoms with Crippen molar-refractivity contribution in [1.29, 1.82) is 0 Å². The summed E-state index contributed by atoms with van der Waals surface area (Å²) in [6.45, 7) is 6.33. The van der Waals surface area contributed by atoms with E-state index in [0.717, 1.165) is 16.7 Å². The largest absolute Gasteiger partial charge is 0.368 e. The maximum absolute atomic E-state index is 5.50. The summed E-state index contributed by atoms with van der Waals surface area (Å²) in [5.41, 5.74) is 5.51. The smallest absolute Gasteiger partial charge is 0.221 e. The Morgan fingerprint density at radius 1 is 1.57 bits per heavy atom. The van der Waals surface area contributed by atoms with Crippen molar-refractivity contribution >= 4 is 27.7 Å². The molecule has 1 heterocycles. The molecule has 5 heteroatoms. The lowest BCUT2D eigenvalue weighted by molar-refractivity contribution is 0.544. The number of rotatable bonds is 3. The molecule has 0 aromatic carbocycles. The predicted octanol–water partition coefficient (Wildman–Crippen LogP) is 2.42. The van der Waals surface area contributed by atoms with E-state index >= 15 is 0 Å². The van der Waals surface area contributed by atoms with Crippen molar-refractivity contribution in [3.63, 3.8) is 0 Å². The fourth-order valence-corrected chi connectivity index (χ4v) is 1.17. The van der Waals surface area contributed by atoms with E-state index in [9.17, 15) is 0 Å². The number of nitrogens with two attached hydrogens (primary N) is 1. The molecule has 1 rings (SSSR count). The van der Waals surface area contributed by atoms with Gasteiger partial charge in [0.05, 0.1) is 4.47 Å². The van der Waals surface area contributed by atoms with E-state index in [2.05, 4.69) is 52.0 Å². The number of aromatic nitrogens is 2. The van der Waals surface area contributed by atoms with Crippen LogP contribution in [0.15, 0.2) is 10.7 Å². The molecule has 0 saturated carbocycles. The highest BCUT2D eigenvalue weighted by Gasteiger charge is 2.16. The highest BCUT2D eigenvalue weighted by atomic mass is 79.9. The molecular weight excluding hydrogens is 244 g/mol. The number of hydrogen-bond acceptors (Lipinski definition) is 4. The van der Waals surface area contributed by atoms with Crippen molar-refractivity contribution in [2.45, 2.75) is 32.7 Å². The zero-order valence-electron chi connectivity index (χ0n) is 8.63. The van der Waals surface area contributed by atoms with Gasteiger partial charge >= 0.3 is 0 Å². The second-order valence-electron chi connectivity index (χ2n) is 3.79. The lowest BCUT2D eigenvalue weighted by atomic mass is 10.0. The molecule has 3 N–H and O–H groups in total. The van der Waals surface area contributed by atoms with Crippen LogP contribution in [0.3, 0.4) is 0 Å². The second-order valence-corrected chi connectivity index (χ2v) is 4.64. The number of hydrogen-bond donors (Lipinski definition) is 2. The molecule has 1 aromatic rings. The van der Waals surface area contributed by atoms with E-state index in [1.807, 2.05) is 0 Å². The first-order valence-electron chi connectivity index (χ1n) is 4.51. The average Bonchev–Trinajstić information content (AvgIpc) is 2.11. The van der Waals surface area contributed by atoms with Gasteiger partial charge in [-0.15, -0.1) is 0 Å². The zero-order valence-corrected chi connectivity index (χ0v) is 10.2. The SMILES string of the molecule is CCC(C)(C)Nc1nc(N)ncc1Br. The van der Waals surface area contributed by atoms with E-state index in [-0.39, 0.29) is 11.5 Å². The van der Waals surface area contributed by atoms with Crippen molar-refractivity contribution < 1.29 is 0 Å². The Bertz CT molecular complexity index is 325. The first-order chi connectivity index (χ1) is 6.44. The number of nitrogens with one attached hydrogen (secondary N) is 1. The highest BCUT2D eigenvalue weighted by molar-refractivity contribution is 9.10. The van der Waals surface area contributed by atoms with Gasteiger partial charge < -0.3 is 11.1 Å². The van der Waals surface area contributed by atoms with E-state index in [0.29, 0.717) is 0 Å². The van der Waals surface area contributed by atoms with E-state index < -0.39 is 0 Å². The summed E-state index contributed by atoms with van der Waals surface area (Å²) in [5, 5.41) is 3.30. The van der Waals surface area contributed by atoms with Crippen LogP contribution in [0.2, 0.25) is 0 Å². The minimum Gasteiger partial charge on any atom is -0.368 e. The molecule has 4 nitrogen and oxygen atoms in total. The summed E-state index contributed by atoms with van der Waals surface area (Å²) in [5.74, 6) is 1.02. The van der Waals surface area contributed by atoms with Crippen molar-refractivity contribution in [2.75, 3.05) is 11.1 Å². The van der Waals surface area contributed by atoms with Gasteiger partial charge in [0, 0.05) is 11.7 Å². The second kappa shape index (κ2) is 4.13. The predicted molar refractivity (Wildman–Crippen MR) is 62.1 cm³/mol. The zero-order chi connectivity index (χ0) is 10.8. The molecule has 0 radical (unpaired) electrons. The van der Waals surface area contributed by atoms with Gasteiger partial charge in [0.15, 0.2) is 0 Å². The third kappa shape index (κ3) is 2.83. The lowest BCUT2D eigenvalue weighted by Gasteiger charge is -2.25. The lowest BCUT2D eigenvalue weighted by Crippen LogP contribution is -2.30. The molecule has 0 aliphatic heterocycles. The monoisotopic (exact) mass is 258 g/mol. The van der Waals surface area contributed by atoms with Crippen LogP contribution in [0.25, 0.3) is 0 Å². The summed E-state index contributed by atoms with van der Waals surface area (Å²) in [6, 6.07) is 0. The van der Waals surface area contributed by atoms with Gasteiger partial charge in [-0.1, -0.05) is 6.92 Å². The molecular formula is C9H15BrN4. The minimum absolute atomic E-state index is 0.00329. The number of nitrogen functional groups attached to an aromatic ring is 1. The fourth-order valence-electron chi connectivity index (χ4n) is 0.877. The van der Waals surface area contributed by atoms with Crippen molar-refractivity contribution in [3.05, 3.63) is 10.7 Å². The molecule has 0 spiro atoms. The fraction of sp³-hybridized carbons (Fsp3) is 0.556. The van der Waals surface area contributed by atoms with Crippen LogP contribution in [0, 0.1) is 0 Å². The van der Waals surface area contributed by atoms with Gasteiger partial charge in [-0.25, -0.2) is 4.98 Å². The van der Waals surface area contributed by atoms with E-state index in [1.54, 1.807) is 6.20 Å². The van der Waals surface area contributed by atoms with Crippen LogP contribution in [0.5, 0.6) is 0 Å². The molecule has 0 aliphatic rings. The molecule has 0 amide bonds. The Kier molecular flexibility index (Phi) is 3.31. The van der Waals surface area contributed by atoms with Crippen LogP contribution in [-0.4, -0.2) is 15.5 Å². The Balaban J connectivity index is 2.91. The third-order valence-electron chi connectivity index (χ3n) is 2.10. The van der Waals surface area contributed by atoms with Crippen molar-refractivity contribution in [2.24, 2.45) is 0 Å². The molecule has 0 saturated heterocycles. The van der Waals surface area contributed by atoms with Crippen LogP contribution in [0.1, 0.15) is 27.2 Å². The first-order valence-corrected chi connectivity index (χ1v) is 5.30. The maximum atomic E-state index is 5.50. The normalized spacial score (nSPS) is 11.4. The summed E-state index contributed by atoms with van der Waals surface area (Å²) in [4.78, 5) is 7.99. The molecule has 14 heavy (non-hydrogen) atoms. The van der Waals surface area contributed by atoms with Crippen molar-refractivity contribution in [3.8, 4) is 0 Å². The average molecular weight is 259 g/mol. The molecule has 0 aliphatic carbocycles. The third-order valence-corrected chi connectivity index (χ3v) is 2.68. The quantitative estimate of drug-likeness (QED) is 0.874. The van der Waals surface area contributed by atoms with Crippen LogP contribution < -0.4 is 11.1 Å². The van der Waals surface area contributed by atoms with Gasteiger partial charge in [-0.3, -0.25) is 0 Å². The van der Waals surface area contributed by atoms with E-state index in [4.69, 9.17) is 5.73 Å². The highest BCUT2D eigenvalue weighted by Crippen LogP contribution is 2.23. The van der Waals surface area contributed by atoms with Gasteiger partial charge in [0.2, 0.25) is 5.95 Å². The molecule has 78 valence electrons. The summed E-state index contributed by atoms with van der Waals surface area (Å²) >= 11 is 3.37. The van der Waals surface area contributed by atoms with Crippen LogP contribution in [0.4, 0.5) is 11.8 Å². The summed E-state index contributed by atoms with van der Waals surface area (Å²) in [6.07, 6.45) is 2.65. The maximum Gasteiger partial charge on any atom is 0.221 e. The standard InChI is InChI=1S/C9H15BrN4/c1-4-9(2,3)14-7-6(10)5-12-8(11)13-7/h5H,4H2,1-3H3,(H3,11,12,13,14). The summed E-state index contributed by atoms with van der Waals surface area (Å²) < 4.78 is 0.827. The molecule has 0 fully saturated rings. The van der Waals surface area contributed by atoms with Gasteiger partial charge in [0.1, 0.15) is 5.82 Å². The Hall–Kier alpha value is -0.840. The Morgan fingerprint density at radius 2 is 2.21 bits per heavy atom. The number of anilines is 2. The molecule has 0 bridgehead atoms. The summed E-state index contributed by atoms with van der Waals surface area (Å²) in [7, 11) is 0. The van der Waals surface area contributed by atoms with Crippen molar-refractivity contribution in [1.82, 2.24) is 9.97 Å². The number of nitrogens with zero attached hydrogens (tertiary/aromatic N) is 2. The van der Waals surface area contributed by atoms with E-state index in [1.165, 1.54) is 0 Å². The minimum atomic E-state index is 0.00329.